The van der Waals surface area contributed by atoms with E-state index in [9.17, 15) is 22.7 Å². The summed E-state index contributed by atoms with van der Waals surface area (Å²) in [5, 5.41) is 9.64. The maximum atomic E-state index is 13.0. The second-order valence-electron chi connectivity index (χ2n) is 4.76. The molecule has 1 aliphatic rings. The van der Waals surface area contributed by atoms with Crippen molar-refractivity contribution in [2.45, 2.75) is 38.0 Å². The molecule has 0 aromatic heterocycles. The predicted molar refractivity (Wildman–Crippen MR) is 58.5 cm³/mol. The van der Waals surface area contributed by atoms with E-state index in [1.165, 1.54) is 6.07 Å². The lowest BCUT2D eigenvalue weighted by Crippen LogP contribution is -2.12. The SMILES string of the molecule is OC(CCc1ccc(F)c(C(F)(F)F)c1)C1CC1. The van der Waals surface area contributed by atoms with Crippen molar-refractivity contribution in [3.8, 4) is 0 Å². The Morgan fingerprint density at radius 1 is 1.28 bits per heavy atom. The van der Waals surface area contributed by atoms with Gasteiger partial charge in [0.15, 0.2) is 0 Å². The Morgan fingerprint density at radius 3 is 2.50 bits per heavy atom. The molecule has 1 aromatic carbocycles. The Morgan fingerprint density at radius 2 is 1.94 bits per heavy atom. The van der Waals surface area contributed by atoms with Crippen molar-refractivity contribution in [2.75, 3.05) is 0 Å². The molecule has 100 valence electrons. The summed E-state index contributed by atoms with van der Waals surface area (Å²) >= 11 is 0. The van der Waals surface area contributed by atoms with Gasteiger partial charge in [-0.15, -0.1) is 0 Å². The van der Waals surface area contributed by atoms with Crippen molar-refractivity contribution in [3.05, 3.63) is 35.1 Å². The summed E-state index contributed by atoms with van der Waals surface area (Å²) in [6.45, 7) is 0. The molecule has 2 rings (SSSR count). The van der Waals surface area contributed by atoms with Crippen molar-refractivity contribution in [1.29, 1.82) is 0 Å². The molecule has 1 nitrogen and oxygen atoms in total. The number of aliphatic hydroxyl groups is 1. The van der Waals surface area contributed by atoms with E-state index < -0.39 is 23.7 Å². The summed E-state index contributed by atoms with van der Waals surface area (Å²) in [5.41, 5.74) is -0.829. The van der Waals surface area contributed by atoms with Gasteiger partial charge in [-0.05, 0) is 49.3 Å². The van der Waals surface area contributed by atoms with E-state index >= 15 is 0 Å². The van der Waals surface area contributed by atoms with Crippen molar-refractivity contribution < 1.29 is 22.7 Å². The molecule has 5 heteroatoms. The smallest absolute Gasteiger partial charge is 0.393 e. The van der Waals surface area contributed by atoms with E-state index in [1.54, 1.807) is 0 Å². The number of rotatable bonds is 4. The van der Waals surface area contributed by atoms with Crippen molar-refractivity contribution >= 4 is 0 Å². The highest BCUT2D eigenvalue weighted by atomic mass is 19.4. The van der Waals surface area contributed by atoms with E-state index in [0.29, 0.717) is 24.3 Å². The van der Waals surface area contributed by atoms with Gasteiger partial charge in [0, 0.05) is 0 Å². The largest absolute Gasteiger partial charge is 0.419 e. The molecule has 1 unspecified atom stereocenters. The fourth-order valence-electron chi connectivity index (χ4n) is 1.98. The van der Waals surface area contributed by atoms with E-state index in [2.05, 4.69) is 0 Å². The van der Waals surface area contributed by atoms with Crippen LogP contribution in [-0.2, 0) is 12.6 Å². The molecule has 1 N–H and O–H groups in total. The zero-order chi connectivity index (χ0) is 13.3. The Kier molecular flexibility index (Phi) is 3.61. The molecule has 0 amide bonds. The molecule has 0 aliphatic heterocycles. The van der Waals surface area contributed by atoms with Crippen LogP contribution >= 0.6 is 0 Å². The molecule has 18 heavy (non-hydrogen) atoms. The van der Waals surface area contributed by atoms with Gasteiger partial charge in [0.25, 0.3) is 0 Å². The zero-order valence-electron chi connectivity index (χ0n) is 9.67. The van der Waals surface area contributed by atoms with Crippen LogP contribution in [0.3, 0.4) is 0 Å². The third-order valence-corrected chi connectivity index (χ3v) is 3.23. The molecule has 1 aromatic rings. The first kappa shape index (κ1) is 13.3. The van der Waals surface area contributed by atoms with E-state index in [4.69, 9.17) is 0 Å². The molecule has 1 aliphatic carbocycles. The van der Waals surface area contributed by atoms with Crippen LogP contribution in [0.5, 0.6) is 0 Å². The van der Waals surface area contributed by atoms with Crippen LogP contribution in [0.4, 0.5) is 17.6 Å². The summed E-state index contributed by atoms with van der Waals surface area (Å²) in [5.74, 6) is -0.957. The van der Waals surface area contributed by atoms with E-state index in [-0.39, 0.29) is 0 Å². The van der Waals surface area contributed by atoms with Gasteiger partial charge in [-0.2, -0.15) is 13.2 Å². The average Bonchev–Trinajstić information content (AvgIpc) is 3.09. The second-order valence-corrected chi connectivity index (χ2v) is 4.76. The summed E-state index contributed by atoms with van der Waals surface area (Å²) in [6.07, 6.45) is -2.40. The highest BCUT2D eigenvalue weighted by Gasteiger charge is 2.34. The normalized spacial score (nSPS) is 17.8. The molecule has 0 radical (unpaired) electrons. The van der Waals surface area contributed by atoms with Gasteiger partial charge in [0.1, 0.15) is 5.82 Å². The van der Waals surface area contributed by atoms with Crippen molar-refractivity contribution in [1.82, 2.24) is 0 Å². The minimum atomic E-state index is -4.67. The number of alkyl halides is 3. The van der Waals surface area contributed by atoms with Crippen LogP contribution in [-0.4, -0.2) is 11.2 Å². The maximum absolute atomic E-state index is 13.0. The molecule has 1 saturated carbocycles. The Labute approximate surface area is 102 Å². The summed E-state index contributed by atoms with van der Waals surface area (Å²) in [4.78, 5) is 0. The van der Waals surface area contributed by atoms with Gasteiger partial charge >= 0.3 is 6.18 Å². The average molecular weight is 262 g/mol. The molecule has 1 atom stereocenters. The summed E-state index contributed by atoms with van der Waals surface area (Å²) < 4.78 is 50.5. The second kappa shape index (κ2) is 4.88. The molecule has 0 bridgehead atoms. The molecule has 1 fully saturated rings. The first-order chi connectivity index (χ1) is 8.38. The van der Waals surface area contributed by atoms with Crippen LogP contribution in [0.1, 0.15) is 30.4 Å². The molecule has 0 heterocycles. The third-order valence-electron chi connectivity index (χ3n) is 3.23. The minimum absolute atomic E-state index is 0.299. The van der Waals surface area contributed by atoms with Gasteiger partial charge in [0.2, 0.25) is 0 Å². The maximum Gasteiger partial charge on any atom is 0.419 e. The van der Waals surface area contributed by atoms with Gasteiger partial charge in [0.05, 0.1) is 11.7 Å². The Balaban J connectivity index is 2.04. The van der Waals surface area contributed by atoms with Gasteiger partial charge < -0.3 is 5.11 Å². The molecular formula is C13H14F4O. The summed E-state index contributed by atoms with van der Waals surface area (Å²) in [6, 6.07) is 3.00. The highest BCUT2D eigenvalue weighted by Crippen LogP contribution is 2.35. The fraction of sp³-hybridized carbons (Fsp3) is 0.538. The van der Waals surface area contributed by atoms with Crippen LogP contribution in [0.15, 0.2) is 18.2 Å². The van der Waals surface area contributed by atoms with Crippen molar-refractivity contribution in [2.24, 2.45) is 5.92 Å². The monoisotopic (exact) mass is 262 g/mol. The fourth-order valence-corrected chi connectivity index (χ4v) is 1.98. The van der Waals surface area contributed by atoms with Crippen LogP contribution < -0.4 is 0 Å². The van der Waals surface area contributed by atoms with Crippen LogP contribution in [0.2, 0.25) is 0 Å². The zero-order valence-corrected chi connectivity index (χ0v) is 9.67. The quantitative estimate of drug-likeness (QED) is 0.823. The number of hydrogen-bond donors (Lipinski definition) is 1. The van der Waals surface area contributed by atoms with E-state index in [1.807, 2.05) is 0 Å². The van der Waals surface area contributed by atoms with E-state index in [0.717, 1.165) is 25.0 Å². The highest BCUT2D eigenvalue weighted by molar-refractivity contribution is 5.27. The first-order valence-corrected chi connectivity index (χ1v) is 5.91. The van der Waals surface area contributed by atoms with Gasteiger partial charge in [-0.1, -0.05) is 6.07 Å². The van der Waals surface area contributed by atoms with Gasteiger partial charge in [-0.25, -0.2) is 4.39 Å². The lowest BCUT2D eigenvalue weighted by atomic mass is 10.0. The predicted octanol–water partition coefficient (Wildman–Crippen LogP) is 3.55. The van der Waals surface area contributed by atoms with Crippen LogP contribution in [0.25, 0.3) is 0 Å². The van der Waals surface area contributed by atoms with Gasteiger partial charge in [-0.3, -0.25) is 0 Å². The molecule has 0 spiro atoms. The minimum Gasteiger partial charge on any atom is -0.393 e. The van der Waals surface area contributed by atoms with Crippen LogP contribution in [0, 0.1) is 11.7 Å². The van der Waals surface area contributed by atoms with Crippen molar-refractivity contribution in [3.63, 3.8) is 0 Å². The number of benzene rings is 1. The topological polar surface area (TPSA) is 20.2 Å². The number of aryl methyl sites for hydroxylation is 1. The summed E-state index contributed by atoms with van der Waals surface area (Å²) in [7, 11) is 0. The standard InChI is InChI=1S/C13H14F4O/c14-11-5-1-8(7-10(11)13(15,16)17)2-6-12(18)9-3-4-9/h1,5,7,9,12,18H,2-4,6H2. The lowest BCUT2D eigenvalue weighted by molar-refractivity contribution is -0.140. The lowest BCUT2D eigenvalue weighted by Gasteiger charge is -2.12. The Bertz CT molecular complexity index is 423. The number of hydrogen-bond acceptors (Lipinski definition) is 1. The third kappa shape index (κ3) is 3.22. The molecular weight excluding hydrogens is 248 g/mol. The number of halogens is 4. The molecule has 0 saturated heterocycles. The Hall–Kier alpha value is -1.10. The number of aliphatic hydroxyl groups excluding tert-OH is 1. The first-order valence-electron chi connectivity index (χ1n) is 5.91.